The fraction of sp³-hybridized carbons (Fsp3) is 0.571. The Morgan fingerprint density at radius 3 is 2.89 bits per heavy atom. The summed E-state index contributed by atoms with van der Waals surface area (Å²) in [6, 6.07) is 9.95. The van der Waals surface area contributed by atoms with Gasteiger partial charge in [-0.25, -0.2) is 0 Å². The van der Waals surface area contributed by atoms with Crippen LogP contribution >= 0.6 is 0 Å². The first-order valence-electron chi connectivity index (χ1n) is 6.55. The quantitative estimate of drug-likeness (QED) is 0.818. The standard InChI is InChI=1S/C14H19NO4/c1-17-14-11-13(12(19-14)10(16)7-15-11)18-8-9-5-3-2-4-6-9/h2-6,10-16H,7-8H2,1H3/t10-,11+,12-,13-,14+/m1/s1. The first-order valence-corrected chi connectivity index (χ1v) is 6.55. The van der Waals surface area contributed by atoms with Gasteiger partial charge in [-0.1, -0.05) is 30.3 Å². The number of benzene rings is 1. The lowest BCUT2D eigenvalue weighted by atomic mass is 9.99. The first-order chi connectivity index (χ1) is 9.29. The van der Waals surface area contributed by atoms with Gasteiger partial charge in [-0.3, -0.25) is 0 Å². The van der Waals surface area contributed by atoms with E-state index in [1.165, 1.54) is 0 Å². The second-order valence-electron chi connectivity index (χ2n) is 4.97. The third-order valence-corrected chi connectivity index (χ3v) is 3.72. The van der Waals surface area contributed by atoms with Gasteiger partial charge in [-0.2, -0.15) is 0 Å². The Morgan fingerprint density at radius 2 is 2.16 bits per heavy atom. The van der Waals surface area contributed by atoms with Gasteiger partial charge >= 0.3 is 0 Å². The summed E-state index contributed by atoms with van der Waals surface area (Å²) in [6.07, 6.45) is -1.42. The molecule has 0 aromatic heterocycles. The number of aliphatic hydroxyl groups excluding tert-OH is 1. The molecule has 0 unspecified atom stereocenters. The van der Waals surface area contributed by atoms with Crippen LogP contribution < -0.4 is 5.32 Å². The summed E-state index contributed by atoms with van der Waals surface area (Å²) < 4.78 is 16.9. The normalized spacial score (nSPS) is 37.5. The molecule has 0 saturated carbocycles. The second kappa shape index (κ2) is 5.56. The maximum atomic E-state index is 9.95. The number of hydrogen-bond donors (Lipinski definition) is 2. The lowest BCUT2D eigenvalue weighted by molar-refractivity contribution is -0.142. The highest BCUT2D eigenvalue weighted by Gasteiger charge is 2.51. The highest BCUT2D eigenvalue weighted by atomic mass is 16.7. The van der Waals surface area contributed by atoms with Crippen molar-refractivity contribution in [2.45, 2.75) is 37.3 Å². The smallest absolute Gasteiger partial charge is 0.175 e. The van der Waals surface area contributed by atoms with E-state index in [1.807, 2.05) is 30.3 Å². The molecule has 5 atom stereocenters. The van der Waals surface area contributed by atoms with Crippen LogP contribution in [0, 0.1) is 0 Å². The van der Waals surface area contributed by atoms with E-state index < -0.39 is 6.10 Å². The van der Waals surface area contributed by atoms with E-state index >= 15 is 0 Å². The molecule has 1 aromatic carbocycles. The Morgan fingerprint density at radius 1 is 1.37 bits per heavy atom. The average Bonchev–Trinajstić information content (AvgIpc) is 2.72. The number of hydrogen-bond acceptors (Lipinski definition) is 5. The second-order valence-corrected chi connectivity index (χ2v) is 4.97. The fourth-order valence-electron chi connectivity index (χ4n) is 2.74. The maximum Gasteiger partial charge on any atom is 0.175 e. The fourth-order valence-corrected chi connectivity index (χ4v) is 2.74. The molecule has 19 heavy (non-hydrogen) atoms. The number of rotatable bonds is 4. The van der Waals surface area contributed by atoms with Crippen molar-refractivity contribution < 1.29 is 19.3 Å². The van der Waals surface area contributed by atoms with E-state index in [4.69, 9.17) is 14.2 Å². The van der Waals surface area contributed by atoms with Gasteiger partial charge in [-0.05, 0) is 5.56 Å². The molecule has 2 N–H and O–H groups in total. The summed E-state index contributed by atoms with van der Waals surface area (Å²) in [6.45, 7) is 1.02. The van der Waals surface area contributed by atoms with E-state index in [1.54, 1.807) is 7.11 Å². The van der Waals surface area contributed by atoms with E-state index in [-0.39, 0.29) is 24.5 Å². The Bertz CT molecular complexity index is 411. The predicted octanol–water partition coefficient (Wildman–Crippen LogP) is 0.276. The Labute approximate surface area is 112 Å². The van der Waals surface area contributed by atoms with Crippen LogP contribution in [0.3, 0.4) is 0 Å². The van der Waals surface area contributed by atoms with Crippen molar-refractivity contribution in [2.24, 2.45) is 0 Å². The molecule has 0 radical (unpaired) electrons. The zero-order valence-electron chi connectivity index (χ0n) is 10.9. The SMILES string of the molecule is CO[C@H]1O[C@H]2[C@H](OCc3ccccc3)[C@@H]1NC[C@H]2O. The molecule has 0 spiro atoms. The number of ether oxygens (including phenoxy) is 3. The van der Waals surface area contributed by atoms with Crippen LogP contribution in [0.5, 0.6) is 0 Å². The summed E-state index contributed by atoms with van der Waals surface area (Å²) in [5.74, 6) is 0. The topological polar surface area (TPSA) is 60.0 Å². The lowest BCUT2D eigenvalue weighted by Crippen LogP contribution is -2.57. The van der Waals surface area contributed by atoms with Crippen LogP contribution in [0.25, 0.3) is 0 Å². The number of nitrogens with one attached hydrogen (secondary N) is 1. The maximum absolute atomic E-state index is 9.95. The van der Waals surface area contributed by atoms with Gasteiger partial charge in [0.25, 0.3) is 0 Å². The van der Waals surface area contributed by atoms with Crippen molar-refractivity contribution in [1.82, 2.24) is 5.32 Å². The lowest BCUT2D eigenvalue weighted by Gasteiger charge is -2.32. The number of β-amino-alcohol motifs (C(OH)–C–C–N with tert-alkyl or cyclic N) is 1. The van der Waals surface area contributed by atoms with Crippen molar-refractivity contribution in [2.75, 3.05) is 13.7 Å². The van der Waals surface area contributed by atoms with E-state index in [2.05, 4.69) is 5.32 Å². The molecule has 0 aliphatic carbocycles. The third-order valence-electron chi connectivity index (χ3n) is 3.72. The van der Waals surface area contributed by atoms with Gasteiger partial charge in [-0.15, -0.1) is 0 Å². The van der Waals surface area contributed by atoms with Gasteiger partial charge in [0.2, 0.25) is 0 Å². The minimum absolute atomic E-state index is 0.0258. The average molecular weight is 265 g/mol. The Kier molecular flexibility index (Phi) is 3.81. The molecule has 5 heteroatoms. The molecule has 0 amide bonds. The number of methoxy groups -OCH3 is 1. The van der Waals surface area contributed by atoms with Crippen LogP contribution in [0.4, 0.5) is 0 Å². The summed E-state index contributed by atoms with van der Waals surface area (Å²) in [5.41, 5.74) is 1.11. The number of fused-ring (bicyclic) bond motifs is 2. The van der Waals surface area contributed by atoms with Crippen molar-refractivity contribution >= 4 is 0 Å². The number of piperidine rings is 1. The molecule has 2 bridgehead atoms. The van der Waals surface area contributed by atoms with E-state index in [0.29, 0.717) is 13.2 Å². The molecule has 104 valence electrons. The van der Waals surface area contributed by atoms with Crippen LogP contribution in [0.1, 0.15) is 5.56 Å². The molecule has 3 rings (SSSR count). The van der Waals surface area contributed by atoms with Crippen LogP contribution in [-0.4, -0.2) is 49.4 Å². The van der Waals surface area contributed by atoms with Crippen LogP contribution in [0.2, 0.25) is 0 Å². The molecule has 2 saturated heterocycles. The van der Waals surface area contributed by atoms with Crippen molar-refractivity contribution in [3.8, 4) is 0 Å². The van der Waals surface area contributed by atoms with Gasteiger partial charge in [0.05, 0.1) is 18.8 Å². The molecule has 2 aliphatic heterocycles. The Hall–Kier alpha value is -0.980. The summed E-state index contributed by atoms with van der Waals surface area (Å²) in [5, 5.41) is 13.2. The molecular formula is C14H19NO4. The zero-order chi connectivity index (χ0) is 13.2. The monoisotopic (exact) mass is 265 g/mol. The molecule has 5 nitrogen and oxygen atoms in total. The summed E-state index contributed by atoms with van der Waals surface area (Å²) >= 11 is 0. The van der Waals surface area contributed by atoms with Crippen LogP contribution in [-0.2, 0) is 20.8 Å². The first kappa shape index (κ1) is 13.0. The predicted molar refractivity (Wildman–Crippen MR) is 68.5 cm³/mol. The van der Waals surface area contributed by atoms with E-state index in [0.717, 1.165) is 5.56 Å². The molecule has 1 aromatic rings. The molecule has 2 aliphatic rings. The van der Waals surface area contributed by atoms with Gasteiger partial charge in [0.1, 0.15) is 12.2 Å². The summed E-state index contributed by atoms with van der Waals surface area (Å²) in [7, 11) is 1.60. The molecular weight excluding hydrogens is 246 g/mol. The van der Waals surface area contributed by atoms with Crippen molar-refractivity contribution in [1.29, 1.82) is 0 Å². The van der Waals surface area contributed by atoms with E-state index in [9.17, 15) is 5.11 Å². The largest absolute Gasteiger partial charge is 0.389 e. The minimum Gasteiger partial charge on any atom is -0.389 e. The molecule has 2 heterocycles. The van der Waals surface area contributed by atoms with Crippen molar-refractivity contribution in [3.05, 3.63) is 35.9 Å². The van der Waals surface area contributed by atoms with Crippen molar-refractivity contribution in [3.63, 3.8) is 0 Å². The van der Waals surface area contributed by atoms with Crippen LogP contribution in [0.15, 0.2) is 30.3 Å². The Balaban J connectivity index is 1.67. The molecule has 2 fully saturated rings. The highest BCUT2D eigenvalue weighted by molar-refractivity contribution is 5.14. The third kappa shape index (κ3) is 2.52. The van der Waals surface area contributed by atoms with Gasteiger partial charge in [0, 0.05) is 13.7 Å². The number of aliphatic hydroxyl groups is 1. The minimum atomic E-state index is -0.558. The summed E-state index contributed by atoms with van der Waals surface area (Å²) in [4.78, 5) is 0. The highest BCUT2D eigenvalue weighted by Crippen LogP contribution is 2.30. The van der Waals surface area contributed by atoms with Gasteiger partial charge in [0.15, 0.2) is 6.29 Å². The van der Waals surface area contributed by atoms with Gasteiger partial charge < -0.3 is 24.6 Å². The zero-order valence-corrected chi connectivity index (χ0v) is 10.9.